The van der Waals surface area contributed by atoms with Crippen LogP contribution in [0.5, 0.6) is 5.75 Å². The lowest BCUT2D eigenvalue weighted by Gasteiger charge is -2.11. The van der Waals surface area contributed by atoms with Crippen LogP contribution in [0.2, 0.25) is 5.02 Å². The van der Waals surface area contributed by atoms with Crippen LogP contribution in [0.3, 0.4) is 0 Å². The Kier molecular flexibility index (Phi) is 5.88. The molecular formula is C14H16ClN3O2. The highest BCUT2D eigenvalue weighted by Crippen LogP contribution is 2.26. The molecule has 20 heavy (non-hydrogen) atoms. The van der Waals surface area contributed by atoms with Gasteiger partial charge in [0.1, 0.15) is 17.4 Å². The number of anilines is 1. The summed E-state index contributed by atoms with van der Waals surface area (Å²) in [5.41, 5.74) is 0.242. The summed E-state index contributed by atoms with van der Waals surface area (Å²) in [6.45, 7) is 3.78. The summed E-state index contributed by atoms with van der Waals surface area (Å²) >= 11 is 5.80. The summed E-state index contributed by atoms with van der Waals surface area (Å²) in [5.74, 6) is -0.485. The van der Waals surface area contributed by atoms with E-state index in [9.17, 15) is 9.90 Å². The third kappa shape index (κ3) is 4.48. The van der Waals surface area contributed by atoms with Crippen molar-refractivity contribution in [3.8, 4) is 11.8 Å². The molecule has 0 aliphatic carbocycles. The van der Waals surface area contributed by atoms with Gasteiger partial charge >= 0.3 is 0 Å². The molecule has 0 saturated heterocycles. The van der Waals surface area contributed by atoms with E-state index >= 15 is 0 Å². The molecule has 0 spiro atoms. The molecule has 0 saturated carbocycles. The summed E-state index contributed by atoms with van der Waals surface area (Å²) in [6, 6.07) is 6.24. The molecule has 6 heteroatoms. The van der Waals surface area contributed by atoms with Gasteiger partial charge in [-0.2, -0.15) is 5.26 Å². The van der Waals surface area contributed by atoms with Gasteiger partial charge in [0.15, 0.2) is 0 Å². The van der Waals surface area contributed by atoms with Gasteiger partial charge in [-0.25, -0.2) is 0 Å². The zero-order chi connectivity index (χ0) is 15.1. The van der Waals surface area contributed by atoms with Crippen LogP contribution >= 0.6 is 11.6 Å². The van der Waals surface area contributed by atoms with Crippen molar-refractivity contribution in [1.82, 2.24) is 5.32 Å². The van der Waals surface area contributed by atoms with E-state index in [4.69, 9.17) is 16.9 Å². The normalized spacial score (nSPS) is 12.4. The molecule has 1 unspecified atom stereocenters. The zero-order valence-electron chi connectivity index (χ0n) is 11.3. The lowest BCUT2D eigenvalue weighted by molar-refractivity contribution is -0.117. The van der Waals surface area contributed by atoms with E-state index in [0.29, 0.717) is 10.7 Å². The summed E-state index contributed by atoms with van der Waals surface area (Å²) in [6.07, 6.45) is 2.01. The van der Waals surface area contributed by atoms with E-state index in [0.717, 1.165) is 6.42 Å². The number of nitrogens with zero attached hydrogens (tertiary/aromatic N) is 1. The first-order valence-electron chi connectivity index (χ1n) is 6.14. The average Bonchev–Trinajstić information content (AvgIpc) is 2.42. The van der Waals surface area contributed by atoms with Crippen LogP contribution in [0, 0.1) is 11.3 Å². The molecular weight excluding hydrogens is 278 g/mol. The first-order valence-corrected chi connectivity index (χ1v) is 6.52. The molecule has 1 aromatic carbocycles. The highest BCUT2D eigenvalue weighted by Gasteiger charge is 2.11. The van der Waals surface area contributed by atoms with Crippen molar-refractivity contribution < 1.29 is 9.90 Å². The predicted octanol–water partition coefficient (Wildman–Crippen LogP) is 2.78. The molecule has 0 heterocycles. The highest BCUT2D eigenvalue weighted by atomic mass is 35.5. The fourth-order valence-corrected chi connectivity index (χ4v) is 1.50. The molecule has 0 aromatic heterocycles. The van der Waals surface area contributed by atoms with E-state index in [1.54, 1.807) is 0 Å². The van der Waals surface area contributed by atoms with Gasteiger partial charge in [0.25, 0.3) is 5.91 Å². The number of hydrogen-bond donors (Lipinski definition) is 3. The van der Waals surface area contributed by atoms with Crippen LogP contribution in [-0.4, -0.2) is 17.1 Å². The number of aromatic hydroxyl groups is 1. The molecule has 1 atom stereocenters. The number of nitrogens with one attached hydrogen (secondary N) is 2. The average molecular weight is 294 g/mol. The fourth-order valence-electron chi connectivity index (χ4n) is 1.33. The molecule has 1 amide bonds. The smallest absolute Gasteiger partial charge is 0.263 e. The number of nitriles is 1. The summed E-state index contributed by atoms with van der Waals surface area (Å²) in [7, 11) is 0. The van der Waals surface area contributed by atoms with Crippen molar-refractivity contribution in [3.05, 3.63) is 35.0 Å². The largest absolute Gasteiger partial charge is 0.506 e. The predicted molar refractivity (Wildman–Crippen MR) is 78.3 cm³/mol. The van der Waals surface area contributed by atoms with Crippen molar-refractivity contribution >= 4 is 23.2 Å². The Morgan fingerprint density at radius 3 is 2.90 bits per heavy atom. The van der Waals surface area contributed by atoms with Crippen molar-refractivity contribution in [2.45, 2.75) is 26.3 Å². The molecule has 106 valence electrons. The Hall–Kier alpha value is -2.19. The number of halogens is 1. The number of amides is 1. The SMILES string of the molecule is CCC(C)NC(=O)/C(C#N)=C\Nc1cc(Cl)ccc1O. The van der Waals surface area contributed by atoms with Gasteiger partial charge in [-0.3, -0.25) is 4.79 Å². The third-order valence-corrected chi connectivity index (χ3v) is 2.92. The Bertz CT molecular complexity index is 564. The van der Waals surface area contributed by atoms with Crippen LogP contribution in [0.1, 0.15) is 20.3 Å². The van der Waals surface area contributed by atoms with E-state index in [1.165, 1.54) is 24.4 Å². The van der Waals surface area contributed by atoms with Crippen LogP contribution in [0.4, 0.5) is 5.69 Å². The highest BCUT2D eigenvalue weighted by molar-refractivity contribution is 6.30. The molecule has 1 rings (SSSR count). The first kappa shape index (κ1) is 15.9. The second kappa shape index (κ2) is 7.41. The van der Waals surface area contributed by atoms with Gasteiger partial charge in [0, 0.05) is 17.3 Å². The molecule has 0 aliphatic heterocycles. The Morgan fingerprint density at radius 1 is 1.60 bits per heavy atom. The second-order valence-electron chi connectivity index (χ2n) is 4.26. The van der Waals surface area contributed by atoms with Crippen LogP contribution in [0.25, 0.3) is 0 Å². The maximum absolute atomic E-state index is 11.8. The van der Waals surface area contributed by atoms with Gasteiger partial charge in [-0.15, -0.1) is 0 Å². The molecule has 0 aliphatic rings. The maximum Gasteiger partial charge on any atom is 0.263 e. The molecule has 3 N–H and O–H groups in total. The molecule has 0 fully saturated rings. The number of benzene rings is 1. The number of carbonyl (C=O) groups excluding carboxylic acids is 1. The number of carbonyl (C=O) groups is 1. The van der Waals surface area contributed by atoms with E-state index in [-0.39, 0.29) is 17.4 Å². The number of hydrogen-bond acceptors (Lipinski definition) is 4. The standard InChI is InChI=1S/C14H16ClN3O2/c1-3-9(2)18-14(20)10(7-16)8-17-12-6-11(15)4-5-13(12)19/h4-6,8-9,17,19H,3H2,1-2H3,(H,18,20)/b10-8-. The van der Waals surface area contributed by atoms with Gasteiger partial charge < -0.3 is 15.7 Å². The maximum atomic E-state index is 11.8. The summed E-state index contributed by atoms with van der Waals surface area (Å²) in [4.78, 5) is 11.8. The molecule has 5 nitrogen and oxygen atoms in total. The quantitative estimate of drug-likeness (QED) is 0.443. The van der Waals surface area contributed by atoms with Gasteiger partial charge in [-0.1, -0.05) is 18.5 Å². The third-order valence-electron chi connectivity index (χ3n) is 2.69. The van der Waals surface area contributed by atoms with Gasteiger partial charge in [-0.05, 0) is 31.5 Å². The Morgan fingerprint density at radius 2 is 2.30 bits per heavy atom. The Balaban J connectivity index is 2.83. The zero-order valence-corrected chi connectivity index (χ0v) is 12.0. The number of phenolic OH excluding ortho intramolecular Hbond substituents is 1. The molecule has 0 radical (unpaired) electrons. The van der Waals surface area contributed by atoms with Gasteiger partial charge in [0.2, 0.25) is 0 Å². The molecule has 1 aromatic rings. The Labute approximate surface area is 122 Å². The van der Waals surface area contributed by atoms with Crippen molar-refractivity contribution in [3.63, 3.8) is 0 Å². The van der Waals surface area contributed by atoms with Crippen LogP contribution in [-0.2, 0) is 4.79 Å². The van der Waals surface area contributed by atoms with Crippen molar-refractivity contribution in [1.29, 1.82) is 5.26 Å². The topological polar surface area (TPSA) is 85.2 Å². The van der Waals surface area contributed by atoms with Crippen molar-refractivity contribution in [2.24, 2.45) is 0 Å². The first-order chi connectivity index (χ1) is 9.47. The monoisotopic (exact) mass is 293 g/mol. The minimum Gasteiger partial charge on any atom is -0.506 e. The summed E-state index contributed by atoms with van der Waals surface area (Å²) in [5, 5.41) is 24.4. The minimum atomic E-state index is -0.462. The summed E-state index contributed by atoms with van der Waals surface area (Å²) < 4.78 is 0. The fraction of sp³-hybridized carbons (Fsp3) is 0.286. The van der Waals surface area contributed by atoms with Gasteiger partial charge in [0.05, 0.1) is 5.69 Å². The van der Waals surface area contributed by atoms with Crippen LogP contribution < -0.4 is 10.6 Å². The lowest BCUT2D eigenvalue weighted by Crippen LogP contribution is -2.33. The van der Waals surface area contributed by atoms with Crippen LogP contribution in [0.15, 0.2) is 30.0 Å². The number of rotatable bonds is 5. The molecule has 0 bridgehead atoms. The lowest BCUT2D eigenvalue weighted by atomic mass is 10.2. The number of phenols is 1. The second-order valence-corrected chi connectivity index (χ2v) is 4.69. The van der Waals surface area contributed by atoms with E-state index in [1.807, 2.05) is 19.9 Å². The van der Waals surface area contributed by atoms with E-state index < -0.39 is 5.91 Å². The minimum absolute atomic E-state index is 0.0150. The van der Waals surface area contributed by atoms with Crippen molar-refractivity contribution in [2.75, 3.05) is 5.32 Å². The van der Waals surface area contributed by atoms with E-state index in [2.05, 4.69) is 10.6 Å².